The Kier molecular flexibility index (Phi) is 5.67. The summed E-state index contributed by atoms with van der Waals surface area (Å²) in [6.45, 7) is 0.526. The number of ether oxygens (including phenoxy) is 1. The predicted molar refractivity (Wildman–Crippen MR) is 115 cm³/mol. The van der Waals surface area contributed by atoms with Crippen molar-refractivity contribution in [3.05, 3.63) is 102 Å². The van der Waals surface area contributed by atoms with Gasteiger partial charge in [-0.2, -0.15) is 5.10 Å². The molecule has 0 unspecified atom stereocenters. The fourth-order valence-corrected chi connectivity index (χ4v) is 3.06. The first kappa shape index (κ1) is 18.5. The fraction of sp³-hybridized carbons (Fsp3) is 0.0833. The molecule has 5 heteroatoms. The number of H-pyrrole nitrogens is 1. The number of amides is 1. The van der Waals surface area contributed by atoms with Gasteiger partial charge in [0.2, 0.25) is 5.91 Å². The van der Waals surface area contributed by atoms with E-state index in [0.717, 1.165) is 33.3 Å². The second kappa shape index (κ2) is 8.89. The number of nitrogens with zero attached hydrogens (tertiary/aromatic N) is 1. The molecule has 1 amide bonds. The van der Waals surface area contributed by atoms with Crippen LogP contribution in [0.4, 0.5) is 0 Å². The maximum absolute atomic E-state index is 12.2. The third-order valence-corrected chi connectivity index (χ3v) is 4.56. The number of aromatic nitrogens is 1. The first-order valence-corrected chi connectivity index (χ1v) is 9.41. The van der Waals surface area contributed by atoms with Crippen LogP contribution in [0.2, 0.25) is 0 Å². The van der Waals surface area contributed by atoms with E-state index in [9.17, 15) is 4.79 Å². The van der Waals surface area contributed by atoms with E-state index in [1.165, 1.54) is 0 Å². The smallest absolute Gasteiger partial charge is 0.244 e. The zero-order chi connectivity index (χ0) is 19.9. The molecule has 0 radical (unpaired) electrons. The number of rotatable bonds is 7. The van der Waals surface area contributed by atoms with Gasteiger partial charge in [-0.3, -0.25) is 4.79 Å². The van der Waals surface area contributed by atoms with Gasteiger partial charge in [-0.05, 0) is 47.0 Å². The number of fused-ring (bicyclic) bond motifs is 1. The minimum absolute atomic E-state index is 0.159. The zero-order valence-corrected chi connectivity index (χ0v) is 15.8. The van der Waals surface area contributed by atoms with E-state index in [1.807, 2.05) is 85.1 Å². The summed E-state index contributed by atoms with van der Waals surface area (Å²) in [5.74, 6) is 0.628. The average Bonchev–Trinajstić information content (AvgIpc) is 3.17. The number of benzene rings is 3. The molecule has 0 aliphatic rings. The molecule has 29 heavy (non-hydrogen) atoms. The van der Waals surface area contributed by atoms with Crippen LogP contribution in [0, 0.1) is 0 Å². The highest BCUT2D eigenvalue weighted by Gasteiger charge is 2.07. The lowest BCUT2D eigenvalue weighted by molar-refractivity contribution is -0.120. The maximum atomic E-state index is 12.2. The van der Waals surface area contributed by atoms with Crippen LogP contribution in [0.1, 0.15) is 16.7 Å². The Labute approximate surface area is 169 Å². The number of hydrazone groups is 1. The van der Waals surface area contributed by atoms with Crippen molar-refractivity contribution in [2.75, 3.05) is 0 Å². The third kappa shape index (κ3) is 4.90. The average molecular weight is 383 g/mol. The standard InChI is InChI=1S/C24H21N3O2/c28-24(14-20-16-25-23-9-5-4-8-22(20)23)27-26-15-18-10-12-21(13-11-18)29-17-19-6-2-1-3-7-19/h1-13,15-16,25H,14,17H2,(H,27,28)/b26-15+. The third-order valence-electron chi connectivity index (χ3n) is 4.56. The molecular weight excluding hydrogens is 362 g/mol. The molecule has 144 valence electrons. The summed E-state index contributed by atoms with van der Waals surface area (Å²) >= 11 is 0. The van der Waals surface area contributed by atoms with Crippen molar-refractivity contribution in [2.45, 2.75) is 13.0 Å². The van der Waals surface area contributed by atoms with Gasteiger partial charge in [0.05, 0.1) is 12.6 Å². The molecule has 1 heterocycles. The molecule has 2 N–H and O–H groups in total. The minimum Gasteiger partial charge on any atom is -0.489 e. The molecule has 0 saturated heterocycles. The van der Waals surface area contributed by atoms with Crippen molar-refractivity contribution >= 4 is 23.0 Å². The quantitative estimate of drug-likeness (QED) is 0.366. The van der Waals surface area contributed by atoms with Crippen molar-refractivity contribution in [2.24, 2.45) is 5.10 Å². The predicted octanol–water partition coefficient (Wildman–Crippen LogP) is 4.44. The summed E-state index contributed by atoms with van der Waals surface area (Å²) in [5, 5.41) is 5.10. The Morgan fingerprint density at radius 1 is 0.966 bits per heavy atom. The molecule has 0 fully saturated rings. The fourth-order valence-electron chi connectivity index (χ4n) is 3.06. The normalized spacial score (nSPS) is 11.0. The van der Waals surface area contributed by atoms with Crippen LogP contribution in [-0.2, 0) is 17.8 Å². The molecule has 0 aliphatic heterocycles. The molecule has 1 aromatic heterocycles. The summed E-state index contributed by atoms with van der Waals surface area (Å²) < 4.78 is 5.77. The van der Waals surface area contributed by atoms with Crippen LogP contribution in [0.15, 0.2) is 90.2 Å². The van der Waals surface area contributed by atoms with E-state index in [0.29, 0.717) is 6.61 Å². The van der Waals surface area contributed by atoms with Crippen LogP contribution in [-0.4, -0.2) is 17.1 Å². The van der Waals surface area contributed by atoms with Gasteiger partial charge < -0.3 is 9.72 Å². The highest BCUT2D eigenvalue weighted by Crippen LogP contribution is 2.18. The van der Waals surface area contributed by atoms with Crippen molar-refractivity contribution in [1.29, 1.82) is 0 Å². The molecule has 0 spiro atoms. The van der Waals surface area contributed by atoms with Crippen molar-refractivity contribution < 1.29 is 9.53 Å². The molecule has 3 aromatic carbocycles. The topological polar surface area (TPSA) is 66.5 Å². The molecular formula is C24H21N3O2. The second-order valence-corrected chi connectivity index (χ2v) is 6.67. The lowest BCUT2D eigenvalue weighted by atomic mass is 10.1. The summed E-state index contributed by atoms with van der Waals surface area (Å²) in [6.07, 6.45) is 3.75. The Morgan fingerprint density at radius 2 is 1.72 bits per heavy atom. The first-order chi connectivity index (χ1) is 14.3. The zero-order valence-electron chi connectivity index (χ0n) is 15.8. The first-order valence-electron chi connectivity index (χ1n) is 9.41. The molecule has 0 aliphatic carbocycles. The number of aromatic amines is 1. The van der Waals surface area contributed by atoms with Crippen LogP contribution in [0.3, 0.4) is 0 Å². The monoisotopic (exact) mass is 383 g/mol. The molecule has 0 bridgehead atoms. The molecule has 4 rings (SSSR count). The maximum Gasteiger partial charge on any atom is 0.244 e. The van der Waals surface area contributed by atoms with Gasteiger partial charge in [0.15, 0.2) is 0 Å². The Hall–Kier alpha value is -3.86. The second-order valence-electron chi connectivity index (χ2n) is 6.67. The van der Waals surface area contributed by atoms with Gasteiger partial charge >= 0.3 is 0 Å². The van der Waals surface area contributed by atoms with Gasteiger partial charge in [-0.25, -0.2) is 5.43 Å². The summed E-state index contributed by atoms with van der Waals surface area (Å²) in [5.41, 5.74) is 6.55. The number of carbonyl (C=O) groups is 1. The number of para-hydroxylation sites is 1. The molecule has 0 atom stereocenters. The van der Waals surface area contributed by atoms with Gasteiger partial charge in [-0.15, -0.1) is 0 Å². The van der Waals surface area contributed by atoms with E-state index < -0.39 is 0 Å². The van der Waals surface area contributed by atoms with E-state index in [-0.39, 0.29) is 12.3 Å². The van der Waals surface area contributed by atoms with Crippen LogP contribution in [0.5, 0.6) is 5.75 Å². The molecule has 0 saturated carbocycles. The van der Waals surface area contributed by atoms with Gasteiger partial charge in [-0.1, -0.05) is 48.5 Å². The minimum atomic E-state index is -0.159. The SMILES string of the molecule is O=C(Cc1c[nH]c2ccccc12)N/N=C/c1ccc(OCc2ccccc2)cc1. The van der Waals surface area contributed by atoms with Crippen LogP contribution in [0.25, 0.3) is 10.9 Å². The lowest BCUT2D eigenvalue weighted by Crippen LogP contribution is -2.19. The van der Waals surface area contributed by atoms with E-state index in [2.05, 4.69) is 15.5 Å². The Bertz CT molecular complexity index is 1120. The highest BCUT2D eigenvalue weighted by molar-refractivity contribution is 5.89. The Morgan fingerprint density at radius 3 is 2.55 bits per heavy atom. The summed E-state index contributed by atoms with van der Waals surface area (Å²) in [7, 11) is 0. The number of hydrogen-bond acceptors (Lipinski definition) is 3. The number of nitrogens with one attached hydrogen (secondary N) is 2. The highest BCUT2D eigenvalue weighted by atomic mass is 16.5. The largest absolute Gasteiger partial charge is 0.489 e. The van der Waals surface area contributed by atoms with Gasteiger partial charge in [0.1, 0.15) is 12.4 Å². The van der Waals surface area contributed by atoms with Crippen molar-refractivity contribution in [3.8, 4) is 5.75 Å². The van der Waals surface area contributed by atoms with E-state index in [4.69, 9.17) is 4.74 Å². The van der Waals surface area contributed by atoms with E-state index in [1.54, 1.807) is 6.21 Å². The number of carbonyl (C=O) groups excluding carboxylic acids is 1. The number of hydrogen-bond donors (Lipinski definition) is 2. The molecule has 4 aromatic rings. The Balaban J connectivity index is 1.28. The summed E-state index contributed by atoms with van der Waals surface area (Å²) in [4.78, 5) is 15.3. The van der Waals surface area contributed by atoms with E-state index >= 15 is 0 Å². The van der Waals surface area contributed by atoms with Gasteiger partial charge in [0.25, 0.3) is 0 Å². The summed E-state index contributed by atoms with van der Waals surface area (Å²) in [6, 6.07) is 25.5. The van der Waals surface area contributed by atoms with Crippen molar-refractivity contribution in [1.82, 2.24) is 10.4 Å². The van der Waals surface area contributed by atoms with Gasteiger partial charge in [0, 0.05) is 17.1 Å². The van der Waals surface area contributed by atoms with Crippen LogP contribution < -0.4 is 10.2 Å². The van der Waals surface area contributed by atoms with Crippen LogP contribution >= 0.6 is 0 Å². The van der Waals surface area contributed by atoms with Crippen molar-refractivity contribution in [3.63, 3.8) is 0 Å². The lowest BCUT2D eigenvalue weighted by Gasteiger charge is -2.06. The molecule has 5 nitrogen and oxygen atoms in total.